The number of hydrogen-bond donors (Lipinski definition) is 3. The number of rotatable bonds is 8. The lowest BCUT2D eigenvalue weighted by Gasteiger charge is -2.17. The van der Waals surface area contributed by atoms with Crippen LogP contribution in [0, 0.1) is 0 Å². The second kappa shape index (κ2) is 9.70. The summed E-state index contributed by atoms with van der Waals surface area (Å²) in [5.41, 5.74) is 1.63. The second-order valence-electron chi connectivity index (χ2n) is 9.23. The number of carbonyl (C=O) groups is 1. The number of H-pyrrole nitrogens is 2. The highest BCUT2D eigenvalue weighted by molar-refractivity contribution is 7.17. The predicted molar refractivity (Wildman–Crippen MR) is 137 cm³/mol. The number of aromatic amines is 2. The van der Waals surface area contributed by atoms with Gasteiger partial charge in [-0.2, -0.15) is 9.61 Å². The largest absolute Gasteiger partial charge is 0.493 e. The number of nitrogens with zero attached hydrogens (tertiary/aromatic N) is 6. The Hall–Kier alpha value is -3.77. The van der Waals surface area contributed by atoms with Gasteiger partial charge in [-0.05, 0) is 58.1 Å². The summed E-state index contributed by atoms with van der Waals surface area (Å²) in [6.07, 6.45) is 6.21. The van der Waals surface area contributed by atoms with Crippen molar-refractivity contribution in [2.45, 2.75) is 25.3 Å². The minimum atomic E-state index is -0.504. The predicted octanol–water partition coefficient (Wildman–Crippen LogP) is 0.814. The fourth-order valence-electron chi connectivity index (χ4n) is 3.83. The van der Waals surface area contributed by atoms with Crippen molar-refractivity contribution in [3.63, 3.8) is 0 Å². The third-order valence-corrected chi connectivity index (χ3v) is 6.99. The maximum atomic E-state index is 13.0. The molecule has 1 aliphatic rings. The molecule has 0 radical (unpaired) electrons. The van der Waals surface area contributed by atoms with Crippen molar-refractivity contribution in [1.29, 1.82) is 0 Å². The van der Waals surface area contributed by atoms with Gasteiger partial charge >= 0.3 is 5.69 Å². The summed E-state index contributed by atoms with van der Waals surface area (Å²) in [6, 6.07) is 5.89. The smallest absolute Gasteiger partial charge is 0.326 e. The molecule has 0 bridgehead atoms. The summed E-state index contributed by atoms with van der Waals surface area (Å²) < 4.78 is 1.66. The number of thiophene rings is 1. The molecule has 0 unspecified atom stereocenters. The quantitative estimate of drug-likeness (QED) is 0.322. The second-order valence-corrected chi connectivity index (χ2v) is 10.3. The Kier molecular flexibility index (Phi) is 6.46. The highest BCUT2D eigenvalue weighted by Gasteiger charge is 2.21. The Bertz CT molecular complexity index is 1590. The zero-order chi connectivity index (χ0) is 25.4. The summed E-state index contributed by atoms with van der Waals surface area (Å²) in [4.78, 5) is 44.3. The van der Waals surface area contributed by atoms with E-state index in [9.17, 15) is 14.7 Å². The van der Waals surface area contributed by atoms with Gasteiger partial charge in [0.2, 0.25) is 5.88 Å². The third-order valence-electron chi connectivity index (χ3n) is 5.89. The molecule has 5 rings (SSSR count). The molecule has 4 aromatic heterocycles. The maximum Gasteiger partial charge on any atom is 0.326 e. The molecule has 1 amide bonds. The van der Waals surface area contributed by atoms with E-state index in [1.807, 2.05) is 39.3 Å². The Labute approximate surface area is 210 Å². The number of nitrogens with one attached hydrogen (secondary N) is 2. The first-order chi connectivity index (χ1) is 17.3. The van der Waals surface area contributed by atoms with E-state index in [0.717, 1.165) is 30.7 Å². The van der Waals surface area contributed by atoms with E-state index in [2.05, 4.69) is 20.0 Å². The van der Waals surface area contributed by atoms with Crippen molar-refractivity contribution in [2.24, 2.45) is 4.99 Å². The number of fused-ring (bicyclic) bond motifs is 1. The van der Waals surface area contributed by atoms with E-state index in [0.29, 0.717) is 33.5 Å². The van der Waals surface area contributed by atoms with Gasteiger partial charge in [0.1, 0.15) is 5.69 Å². The number of hydrogen-bond acceptors (Lipinski definition) is 8. The topological polar surface area (TPSA) is 135 Å². The number of imidazole rings is 1. The maximum absolute atomic E-state index is 13.0. The number of carbonyl (C=O) groups excluding carboxylic acids is 1. The van der Waals surface area contributed by atoms with Gasteiger partial charge in [-0.3, -0.25) is 14.8 Å². The minimum Gasteiger partial charge on any atom is -0.493 e. The van der Waals surface area contributed by atoms with Gasteiger partial charge in [0, 0.05) is 24.9 Å². The van der Waals surface area contributed by atoms with E-state index in [1.165, 1.54) is 11.3 Å². The van der Waals surface area contributed by atoms with Crippen LogP contribution in [0.1, 0.15) is 34.6 Å². The standard InChI is InChI=1S/C24H28N8O3S/c1-30(2)9-4-10-31(3)23(34)19-8-7-18(36-19)16-12-20(26-15-5-6-15)32-21(27-16)14(13-25-32)11-17-22(33)29-24(35)28-17/h7-8,11-13,15,33H,4-6,9-10H2,1-3H3,(H2,28,29,35)/b14-11-,26-20?. The van der Waals surface area contributed by atoms with Crippen molar-refractivity contribution < 1.29 is 9.90 Å². The third kappa shape index (κ3) is 5.09. The molecule has 1 aliphatic carbocycles. The van der Waals surface area contributed by atoms with Crippen molar-refractivity contribution in [3.8, 4) is 16.5 Å². The first-order valence-electron chi connectivity index (χ1n) is 11.7. The van der Waals surface area contributed by atoms with Crippen molar-refractivity contribution in [1.82, 2.24) is 34.4 Å². The van der Waals surface area contributed by atoms with Crippen LogP contribution in [0.2, 0.25) is 0 Å². The van der Waals surface area contributed by atoms with E-state index in [4.69, 9.17) is 9.98 Å². The molecule has 188 valence electrons. The monoisotopic (exact) mass is 508 g/mol. The normalized spacial score (nSPS) is 14.9. The van der Waals surface area contributed by atoms with Crippen molar-refractivity contribution in [3.05, 3.63) is 56.2 Å². The van der Waals surface area contributed by atoms with Gasteiger partial charge in [0.25, 0.3) is 5.91 Å². The summed E-state index contributed by atoms with van der Waals surface area (Å²) >= 11 is 1.39. The lowest BCUT2D eigenvalue weighted by Crippen LogP contribution is -2.29. The summed E-state index contributed by atoms with van der Waals surface area (Å²) in [6.45, 7) is 1.60. The fourth-order valence-corrected chi connectivity index (χ4v) is 4.79. The molecule has 0 aliphatic heterocycles. The lowest BCUT2D eigenvalue weighted by molar-refractivity contribution is 0.0795. The zero-order valence-electron chi connectivity index (χ0n) is 20.4. The van der Waals surface area contributed by atoms with E-state index in [-0.39, 0.29) is 23.5 Å². The van der Waals surface area contributed by atoms with E-state index >= 15 is 0 Å². The van der Waals surface area contributed by atoms with E-state index in [1.54, 1.807) is 21.7 Å². The van der Waals surface area contributed by atoms with Crippen molar-refractivity contribution in [2.75, 3.05) is 34.2 Å². The Morgan fingerprint density at radius 2 is 2.08 bits per heavy atom. The number of amides is 1. The molecule has 0 saturated heterocycles. The van der Waals surface area contributed by atoms with Gasteiger partial charge in [-0.15, -0.1) is 11.3 Å². The first kappa shape index (κ1) is 23.9. The molecule has 3 N–H and O–H groups in total. The van der Waals surface area contributed by atoms with Crippen LogP contribution in [0.4, 0.5) is 0 Å². The minimum absolute atomic E-state index is 0.0146. The summed E-state index contributed by atoms with van der Waals surface area (Å²) in [5, 5.41) is 15.0. The van der Waals surface area contributed by atoms with Crippen LogP contribution in [-0.4, -0.2) is 85.7 Å². The molecular weight excluding hydrogens is 480 g/mol. The van der Waals surface area contributed by atoms with Gasteiger partial charge in [-0.1, -0.05) is 0 Å². The lowest BCUT2D eigenvalue weighted by atomic mass is 10.3. The van der Waals surface area contributed by atoms with Gasteiger partial charge in [0.15, 0.2) is 11.1 Å². The highest BCUT2D eigenvalue weighted by Crippen LogP contribution is 2.27. The zero-order valence-corrected chi connectivity index (χ0v) is 21.2. The fraction of sp³-hybridized carbons (Fsp3) is 0.375. The molecule has 1 fully saturated rings. The Morgan fingerprint density at radius 1 is 1.28 bits per heavy atom. The average molecular weight is 509 g/mol. The molecule has 11 nitrogen and oxygen atoms in total. The molecule has 4 heterocycles. The van der Waals surface area contributed by atoms with Gasteiger partial charge < -0.3 is 19.9 Å². The van der Waals surface area contributed by atoms with Crippen LogP contribution >= 0.6 is 11.3 Å². The molecule has 0 aromatic carbocycles. The van der Waals surface area contributed by atoms with Crippen LogP contribution in [0.25, 0.3) is 22.3 Å². The molecular formula is C24H28N8O3S. The molecule has 12 heteroatoms. The van der Waals surface area contributed by atoms with Crippen LogP contribution < -0.4 is 16.4 Å². The molecule has 0 spiro atoms. The van der Waals surface area contributed by atoms with Crippen LogP contribution in [0.15, 0.2) is 34.2 Å². The Balaban J connectivity index is 1.52. The van der Waals surface area contributed by atoms with Crippen LogP contribution in [-0.2, 0) is 0 Å². The van der Waals surface area contributed by atoms with Gasteiger partial charge in [-0.25, -0.2) is 9.78 Å². The number of aromatic nitrogens is 5. The van der Waals surface area contributed by atoms with Crippen LogP contribution in [0.5, 0.6) is 5.88 Å². The van der Waals surface area contributed by atoms with Crippen molar-refractivity contribution >= 4 is 29.0 Å². The summed E-state index contributed by atoms with van der Waals surface area (Å²) in [7, 11) is 5.86. The Morgan fingerprint density at radius 3 is 2.78 bits per heavy atom. The SMILES string of the molecule is CN(C)CCCN(C)C(=O)c1ccc(-c2cc(=NC3CC3)n3nc/c(=C/c4[nH]c(=O)[nH]c4O)c3n2)s1. The van der Waals surface area contributed by atoms with Crippen LogP contribution in [0.3, 0.4) is 0 Å². The molecule has 36 heavy (non-hydrogen) atoms. The molecule has 0 atom stereocenters. The highest BCUT2D eigenvalue weighted by atomic mass is 32.1. The summed E-state index contributed by atoms with van der Waals surface area (Å²) in [5.74, 6) is -0.270. The average Bonchev–Trinajstić information content (AvgIpc) is 3.22. The number of aromatic hydroxyl groups is 1. The first-order valence-corrected chi connectivity index (χ1v) is 12.6. The van der Waals surface area contributed by atoms with Gasteiger partial charge in [0.05, 0.1) is 27.7 Å². The van der Waals surface area contributed by atoms with E-state index < -0.39 is 5.69 Å². The molecule has 4 aromatic rings. The molecule has 1 saturated carbocycles.